The first-order valence-electron chi connectivity index (χ1n) is 8.98. The van der Waals surface area contributed by atoms with Crippen molar-refractivity contribution in [3.05, 3.63) is 102 Å². The Morgan fingerprint density at radius 3 is 1.63 bits per heavy atom. The number of carbonyl (C=O) groups excluding carboxylic acids is 1. The van der Waals surface area contributed by atoms with Crippen LogP contribution in [0, 0.1) is 0 Å². The second kappa shape index (κ2) is 11.9. The first kappa shape index (κ1) is 24.1. The van der Waals surface area contributed by atoms with E-state index in [4.69, 9.17) is 13.6 Å². The summed E-state index contributed by atoms with van der Waals surface area (Å²) < 4.78 is 29.9. The van der Waals surface area contributed by atoms with Gasteiger partial charge in [-0.25, -0.2) is 4.57 Å². The number of phosphoric ester groups is 1. The van der Waals surface area contributed by atoms with E-state index in [9.17, 15) is 14.5 Å². The summed E-state index contributed by atoms with van der Waals surface area (Å²) in [5.74, 6) is -0.932. The van der Waals surface area contributed by atoms with Crippen molar-refractivity contribution in [2.75, 3.05) is 0 Å². The molecule has 30 heavy (non-hydrogen) atoms. The number of carboxylic acids is 1. The molecule has 0 saturated heterocycles. The molecule has 0 aliphatic carbocycles. The zero-order chi connectivity index (χ0) is 20.5. The molecular formula is C22H20AgO6P. The molecule has 8 heteroatoms. The fourth-order valence-corrected chi connectivity index (χ4v) is 3.68. The van der Waals surface area contributed by atoms with Gasteiger partial charge in [0.2, 0.25) is 0 Å². The van der Waals surface area contributed by atoms with Crippen LogP contribution in [-0.2, 0) is 60.4 Å². The summed E-state index contributed by atoms with van der Waals surface area (Å²) in [5, 5.41) is 10.7. The van der Waals surface area contributed by atoms with Crippen molar-refractivity contribution in [3.8, 4) is 5.75 Å². The molecular weight excluding hydrogens is 499 g/mol. The number of hydrogen-bond acceptors (Lipinski definition) is 6. The molecule has 0 aliphatic rings. The number of benzene rings is 3. The third-order valence-electron chi connectivity index (χ3n) is 3.95. The summed E-state index contributed by atoms with van der Waals surface area (Å²) in [4.78, 5) is 10.7. The largest absolute Gasteiger partial charge is 1.00 e. The molecule has 0 radical (unpaired) electrons. The van der Waals surface area contributed by atoms with Gasteiger partial charge in [-0.3, -0.25) is 9.05 Å². The average Bonchev–Trinajstić information content (AvgIpc) is 2.74. The third kappa shape index (κ3) is 7.92. The number of hydrogen-bond donors (Lipinski definition) is 0. The average molecular weight is 519 g/mol. The SMILES string of the molecule is O=C([O-])Cc1ccc(OP(=O)(OCc2ccccc2)OCc2ccccc2)cc1.[Ag+]. The molecule has 6 nitrogen and oxygen atoms in total. The summed E-state index contributed by atoms with van der Waals surface area (Å²) in [6.07, 6.45) is -0.215. The van der Waals surface area contributed by atoms with Gasteiger partial charge >= 0.3 is 30.2 Å². The number of rotatable bonds is 10. The maximum Gasteiger partial charge on any atom is 1.00 e. The quantitative estimate of drug-likeness (QED) is 0.299. The molecule has 0 saturated carbocycles. The van der Waals surface area contributed by atoms with Crippen molar-refractivity contribution >= 4 is 13.8 Å². The van der Waals surface area contributed by atoms with Crippen molar-refractivity contribution in [2.45, 2.75) is 19.6 Å². The van der Waals surface area contributed by atoms with Crippen LogP contribution in [0.4, 0.5) is 0 Å². The molecule has 0 amide bonds. The topological polar surface area (TPSA) is 84.9 Å². The van der Waals surface area contributed by atoms with Crippen molar-refractivity contribution in [2.24, 2.45) is 0 Å². The van der Waals surface area contributed by atoms with E-state index < -0.39 is 13.8 Å². The summed E-state index contributed by atoms with van der Waals surface area (Å²) in [5.41, 5.74) is 2.19. The molecule has 0 unspecified atom stereocenters. The Bertz CT molecular complexity index is 916. The number of carbonyl (C=O) groups is 1. The van der Waals surface area contributed by atoms with Crippen LogP contribution in [0.3, 0.4) is 0 Å². The van der Waals surface area contributed by atoms with Gasteiger partial charge in [0.25, 0.3) is 0 Å². The Morgan fingerprint density at radius 1 is 0.733 bits per heavy atom. The molecule has 3 aromatic rings. The van der Waals surface area contributed by atoms with E-state index in [1.807, 2.05) is 60.7 Å². The number of aliphatic carboxylic acids is 1. The second-order valence-electron chi connectivity index (χ2n) is 6.25. The van der Waals surface area contributed by atoms with Crippen molar-refractivity contribution < 1.29 is 50.4 Å². The molecule has 3 rings (SSSR count). The Morgan fingerprint density at radius 2 is 1.20 bits per heavy atom. The minimum absolute atomic E-state index is 0. The van der Waals surface area contributed by atoms with Crippen LogP contribution in [0.15, 0.2) is 84.9 Å². The number of carboxylic acid groups (broad SMARTS) is 1. The fraction of sp³-hybridized carbons (Fsp3) is 0.136. The minimum Gasteiger partial charge on any atom is -0.550 e. The van der Waals surface area contributed by atoms with Gasteiger partial charge in [0.1, 0.15) is 5.75 Å². The third-order valence-corrected chi connectivity index (χ3v) is 5.28. The molecule has 160 valence electrons. The Kier molecular flexibility index (Phi) is 9.53. The van der Waals surface area contributed by atoms with Crippen LogP contribution >= 0.6 is 7.82 Å². The Labute approximate surface area is 190 Å². The molecule has 0 aliphatic heterocycles. The molecule has 0 atom stereocenters. The van der Waals surface area contributed by atoms with Crippen molar-refractivity contribution in [3.63, 3.8) is 0 Å². The Hall–Kier alpha value is -2.18. The van der Waals surface area contributed by atoms with E-state index in [0.717, 1.165) is 11.1 Å². The maximum atomic E-state index is 13.2. The smallest absolute Gasteiger partial charge is 0.550 e. The van der Waals surface area contributed by atoms with Crippen LogP contribution in [0.1, 0.15) is 16.7 Å². The summed E-state index contributed by atoms with van der Waals surface area (Å²) in [7, 11) is -3.94. The molecule has 0 fully saturated rings. The van der Waals surface area contributed by atoms with E-state index in [1.54, 1.807) is 12.1 Å². The van der Waals surface area contributed by atoms with Crippen LogP contribution in [0.25, 0.3) is 0 Å². The summed E-state index contributed by atoms with van der Waals surface area (Å²) in [6.45, 7) is 0.103. The Balaban J connectivity index is 0.00000320. The predicted octanol–water partition coefficient (Wildman–Crippen LogP) is 3.90. The second-order valence-corrected chi connectivity index (χ2v) is 7.84. The van der Waals surface area contributed by atoms with Gasteiger partial charge in [0, 0.05) is 12.4 Å². The van der Waals surface area contributed by atoms with Gasteiger partial charge in [0.05, 0.1) is 13.2 Å². The van der Waals surface area contributed by atoms with Crippen LogP contribution in [0.5, 0.6) is 5.75 Å². The zero-order valence-corrected chi connectivity index (χ0v) is 18.3. The van der Waals surface area contributed by atoms with Crippen LogP contribution < -0.4 is 9.63 Å². The van der Waals surface area contributed by atoms with Crippen LogP contribution in [-0.4, -0.2) is 5.97 Å². The summed E-state index contributed by atoms with van der Waals surface area (Å²) >= 11 is 0. The van der Waals surface area contributed by atoms with Gasteiger partial charge in [-0.15, -0.1) is 0 Å². The monoisotopic (exact) mass is 518 g/mol. The van der Waals surface area contributed by atoms with E-state index in [0.29, 0.717) is 5.56 Å². The van der Waals surface area contributed by atoms with Gasteiger partial charge in [-0.1, -0.05) is 72.8 Å². The predicted molar refractivity (Wildman–Crippen MR) is 106 cm³/mol. The minimum atomic E-state index is -3.94. The molecule has 0 spiro atoms. The van der Waals surface area contributed by atoms with Gasteiger partial charge in [-0.2, -0.15) is 0 Å². The zero-order valence-electron chi connectivity index (χ0n) is 15.9. The normalized spacial score (nSPS) is 10.8. The molecule has 0 heterocycles. The van der Waals surface area contributed by atoms with Crippen molar-refractivity contribution in [1.82, 2.24) is 0 Å². The molecule has 0 N–H and O–H groups in total. The van der Waals surface area contributed by atoms with Gasteiger partial charge in [-0.05, 0) is 28.8 Å². The van der Waals surface area contributed by atoms with Crippen molar-refractivity contribution in [1.29, 1.82) is 0 Å². The molecule has 0 aromatic heterocycles. The van der Waals surface area contributed by atoms with E-state index in [1.165, 1.54) is 12.1 Å². The standard InChI is InChI=1S/C22H21O6P.Ag/c23-22(24)15-18-11-13-21(14-12-18)28-29(25,26-16-19-7-3-1-4-8-19)27-17-20-9-5-2-6-10-20;/h1-14H,15-17H2,(H,23,24);/q;+1/p-1. The van der Waals surface area contributed by atoms with E-state index >= 15 is 0 Å². The first-order chi connectivity index (χ1) is 14.0. The van der Waals surface area contributed by atoms with E-state index in [2.05, 4.69) is 0 Å². The summed E-state index contributed by atoms with van der Waals surface area (Å²) in [6, 6.07) is 24.7. The molecule has 0 bridgehead atoms. The van der Waals surface area contributed by atoms with E-state index in [-0.39, 0.29) is 47.8 Å². The van der Waals surface area contributed by atoms with Gasteiger partial charge < -0.3 is 14.4 Å². The first-order valence-corrected chi connectivity index (χ1v) is 10.4. The van der Waals surface area contributed by atoms with Crippen LogP contribution in [0.2, 0.25) is 0 Å². The molecule has 3 aromatic carbocycles. The maximum absolute atomic E-state index is 13.2. The fourth-order valence-electron chi connectivity index (χ4n) is 2.51. The van der Waals surface area contributed by atoms with Gasteiger partial charge in [0.15, 0.2) is 0 Å². The number of phosphoric acid groups is 1.